The number of H-pyrrole nitrogens is 1. The van der Waals surface area contributed by atoms with Crippen molar-refractivity contribution < 1.29 is 4.39 Å². The molecule has 1 aromatic carbocycles. The zero-order valence-electron chi connectivity index (χ0n) is 14.2. The van der Waals surface area contributed by atoms with E-state index in [-0.39, 0.29) is 5.82 Å². The van der Waals surface area contributed by atoms with E-state index in [9.17, 15) is 4.39 Å². The van der Waals surface area contributed by atoms with E-state index >= 15 is 0 Å². The van der Waals surface area contributed by atoms with Crippen LogP contribution in [0.3, 0.4) is 0 Å². The molecule has 0 bridgehead atoms. The SMILES string of the molecule is Fc1ccc(-c2n[nH]cc2CN2CCN(c3ncccc3Cl)CC2)cc1. The Hall–Kier alpha value is -2.44. The van der Waals surface area contributed by atoms with Crippen molar-refractivity contribution in [2.45, 2.75) is 6.54 Å². The molecule has 0 saturated carbocycles. The fourth-order valence-electron chi connectivity index (χ4n) is 3.26. The molecule has 1 aliphatic heterocycles. The minimum Gasteiger partial charge on any atom is -0.353 e. The minimum absolute atomic E-state index is 0.241. The fourth-order valence-corrected chi connectivity index (χ4v) is 3.50. The van der Waals surface area contributed by atoms with Gasteiger partial charge in [-0.2, -0.15) is 5.10 Å². The van der Waals surface area contributed by atoms with Gasteiger partial charge in [-0.3, -0.25) is 10.00 Å². The summed E-state index contributed by atoms with van der Waals surface area (Å²) >= 11 is 6.25. The average Bonchev–Trinajstić information content (AvgIpc) is 3.12. The molecule has 1 saturated heterocycles. The molecule has 3 heterocycles. The summed E-state index contributed by atoms with van der Waals surface area (Å²) in [4.78, 5) is 8.99. The molecule has 5 nitrogen and oxygen atoms in total. The van der Waals surface area contributed by atoms with E-state index < -0.39 is 0 Å². The van der Waals surface area contributed by atoms with Gasteiger partial charge in [-0.1, -0.05) is 11.6 Å². The second-order valence-corrected chi connectivity index (χ2v) is 6.75. The van der Waals surface area contributed by atoms with Crippen LogP contribution in [0.5, 0.6) is 0 Å². The molecule has 1 fully saturated rings. The number of benzene rings is 1. The summed E-state index contributed by atoms with van der Waals surface area (Å²) in [6.07, 6.45) is 3.69. The lowest BCUT2D eigenvalue weighted by molar-refractivity contribution is 0.249. The molecule has 3 aromatic rings. The Morgan fingerprint density at radius 2 is 1.85 bits per heavy atom. The molecule has 2 aromatic heterocycles. The number of nitrogens with zero attached hydrogens (tertiary/aromatic N) is 4. The number of aromatic amines is 1. The van der Waals surface area contributed by atoms with Crippen molar-refractivity contribution in [3.8, 4) is 11.3 Å². The predicted octanol–water partition coefficient (Wildman–Crippen LogP) is 3.59. The summed E-state index contributed by atoms with van der Waals surface area (Å²) < 4.78 is 13.2. The molecular weight excluding hydrogens is 353 g/mol. The first-order chi connectivity index (χ1) is 12.7. The third-order valence-electron chi connectivity index (χ3n) is 4.64. The van der Waals surface area contributed by atoms with Crippen LogP contribution >= 0.6 is 11.6 Å². The number of piperazine rings is 1. The lowest BCUT2D eigenvalue weighted by Crippen LogP contribution is -2.46. The van der Waals surface area contributed by atoms with Gasteiger partial charge in [0.2, 0.25) is 0 Å². The van der Waals surface area contributed by atoms with Crippen molar-refractivity contribution in [3.05, 3.63) is 65.2 Å². The maximum absolute atomic E-state index is 13.2. The molecule has 26 heavy (non-hydrogen) atoms. The molecule has 0 spiro atoms. The third kappa shape index (κ3) is 3.57. The second-order valence-electron chi connectivity index (χ2n) is 6.34. The largest absolute Gasteiger partial charge is 0.353 e. The quantitative estimate of drug-likeness (QED) is 0.761. The molecule has 0 atom stereocenters. The van der Waals surface area contributed by atoms with Gasteiger partial charge < -0.3 is 4.90 Å². The number of nitrogens with one attached hydrogen (secondary N) is 1. The third-order valence-corrected chi connectivity index (χ3v) is 4.94. The van der Waals surface area contributed by atoms with E-state index in [2.05, 4.69) is 25.0 Å². The molecule has 7 heteroatoms. The zero-order valence-corrected chi connectivity index (χ0v) is 15.0. The van der Waals surface area contributed by atoms with E-state index in [1.807, 2.05) is 18.3 Å². The number of halogens is 2. The lowest BCUT2D eigenvalue weighted by Gasteiger charge is -2.35. The van der Waals surface area contributed by atoms with Crippen LogP contribution in [0.2, 0.25) is 5.02 Å². The highest BCUT2D eigenvalue weighted by Crippen LogP contribution is 2.25. The van der Waals surface area contributed by atoms with E-state index in [1.54, 1.807) is 18.3 Å². The summed E-state index contributed by atoms with van der Waals surface area (Å²) in [6.45, 7) is 4.38. The first-order valence-electron chi connectivity index (χ1n) is 8.57. The van der Waals surface area contributed by atoms with Gasteiger partial charge in [0.1, 0.15) is 11.6 Å². The molecule has 0 radical (unpaired) electrons. The van der Waals surface area contributed by atoms with Crippen LogP contribution in [0.25, 0.3) is 11.3 Å². The summed E-state index contributed by atoms with van der Waals surface area (Å²) in [5.41, 5.74) is 2.91. The number of pyridine rings is 1. The molecule has 0 unspecified atom stereocenters. The fraction of sp³-hybridized carbons (Fsp3) is 0.263. The number of anilines is 1. The van der Waals surface area contributed by atoms with Gasteiger partial charge in [-0.05, 0) is 36.4 Å². The normalized spacial score (nSPS) is 15.4. The first kappa shape index (κ1) is 17.0. The molecule has 4 rings (SSSR count). The highest BCUT2D eigenvalue weighted by atomic mass is 35.5. The van der Waals surface area contributed by atoms with Gasteiger partial charge in [-0.25, -0.2) is 9.37 Å². The maximum Gasteiger partial charge on any atom is 0.147 e. The molecular formula is C19H19ClFN5. The van der Waals surface area contributed by atoms with Gasteiger partial charge in [0.05, 0.1) is 10.7 Å². The van der Waals surface area contributed by atoms with Gasteiger partial charge in [0.15, 0.2) is 0 Å². The minimum atomic E-state index is -0.241. The molecule has 1 aliphatic rings. The second kappa shape index (κ2) is 7.43. The van der Waals surface area contributed by atoms with Crippen molar-refractivity contribution >= 4 is 17.4 Å². The van der Waals surface area contributed by atoms with E-state index in [0.29, 0.717) is 5.02 Å². The zero-order chi connectivity index (χ0) is 17.9. The Balaban J connectivity index is 1.42. The van der Waals surface area contributed by atoms with Crippen molar-refractivity contribution in [2.24, 2.45) is 0 Å². The standard InChI is InChI=1S/C19H19ClFN5/c20-17-2-1-7-22-19(17)26-10-8-25(9-11-26)13-15-12-23-24-18(15)14-3-5-16(21)6-4-14/h1-7,12H,8-11,13H2,(H,23,24). The first-order valence-corrected chi connectivity index (χ1v) is 8.95. The molecule has 1 N–H and O–H groups in total. The summed E-state index contributed by atoms with van der Waals surface area (Å²) in [6, 6.07) is 10.2. The van der Waals surface area contributed by atoms with Crippen LogP contribution in [-0.2, 0) is 6.54 Å². The van der Waals surface area contributed by atoms with Crippen LogP contribution in [0.1, 0.15) is 5.56 Å². The van der Waals surface area contributed by atoms with Crippen LogP contribution < -0.4 is 4.90 Å². The Labute approximate surface area is 156 Å². The van der Waals surface area contributed by atoms with Crippen molar-refractivity contribution in [1.82, 2.24) is 20.1 Å². The average molecular weight is 372 g/mol. The van der Waals surface area contributed by atoms with Gasteiger partial charge in [-0.15, -0.1) is 0 Å². The smallest absolute Gasteiger partial charge is 0.147 e. The van der Waals surface area contributed by atoms with Crippen molar-refractivity contribution in [1.29, 1.82) is 0 Å². The van der Waals surface area contributed by atoms with E-state index in [1.165, 1.54) is 12.1 Å². The topological polar surface area (TPSA) is 48.1 Å². The summed E-state index contributed by atoms with van der Waals surface area (Å²) in [5.74, 6) is 0.610. The van der Waals surface area contributed by atoms with E-state index in [4.69, 9.17) is 11.6 Å². The van der Waals surface area contributed by atoms with Crippen LogP contribution in [0, 0.1) is 5.82 Å². The Bertz CT molecular complexity index is 872. The summed E-state index contributed by atoms with van der Waals surface area (Å²) in [5, 5.41) is 7.97. The number of rotatable bonds is 4. The van der Waals surface area contributed by atoms with Crippen molar-refractivity contribution in [3.63, 3.8) is 0 Å². The highest BCUT2D eigenvalue weighted by Gasteiger charge is 2.21. The maximum atomic E-state index is 13.2. The monoisotopic (exact) mass is 371 g/mol. The van der Waals surface area contributed by atoms with Crippen molar-refractivity contribution in [2.75, 3.05) is 31.1 Å². The lowest BCUT2D eigenvalue weighted by atomic mass is 10.1. The van der Waals surface area contributed by atoms with Gasteiger partial charge in [0.25, 0.3) is 0 Å². The molecule has 0 aliphatic carbocycles. The molecule has 0 amide bonds. The van der Waals surface area contributed by atoms with Crippen LogP contribution in [0.15, 0.2) is 48.8 Å². The Morgan fingerprint density at radius 3 is 2.58 bits per heavy atom. The number of hydrogen-bond acceptors (Lipinski definition) is 4. The number of aromatic nitrogens is 3. The van der Waals surface area contributed by atoms with Crippen LogP contribution in [-0.4, -0.2) is 46.3 Å². The van der Waals surface area contributed by atoms with Gasteiger partial charge in [0, 0.05) is 56.2 Å². The summed E-state index contributed by atoms with van der Waals surface area (Å²) in [7, 11) is 0. The van der Waals surface area contributed by atoms with Gasteiger partial charge >= 0.3 is 0 Å². The Morgan fingerprint density at radius 1 is 1.08 bits per heavy atom. The van der Waals surface area contributed by atoms with E-state index in [0.717, 1.165) is 55.4 Å². The predicted molar refractivity (Wildman–Crippen MR) is 101 cm³/mol. The number of hydrogen-bond donors (Lipinski definition) is 1. The molecule has 134 valence electrons. The highest BCUT2D eigenvalue weighted by molar-refractivity contribution is 6.32. The Kier molecular flexibility index (Phi) is 4.86. The van der Waals surface area contributed by atoms with Crippen LogP contribution in [0.4, 0.5) is 10.2 Å².